The number of anilines is 1. The average Bonchev–Trinajstić information content (AvgIpc) is 3.24. The first kappa shape index (κ1) is 14.9. The molecule has 0 spiro atoms. The minimum Gasteiger partial charge on any atom is -0.378 e. The molecule has 21 heavy (non-hydrogen) atoms. The van der Waals surface area contributed by atoms with Gasteiger partial charge in [0.15, 0.2) is 0 Å². The van der Waals surface area contributed by atoms with Crippen LogP contribution in [0.3, 0.4) is 0 Å². The van der Waals surface area contributed by atoms with Gasteiger partial charge in [-0.3, -0.25) is 0 Å². The highest BCUT2D eigenvalue weighted by atomic mass is 79.9. The van der Waals surface area contributed by atoms with Crippen molar-refractivity contribution >= 4 is 33.2 Å². The summed E-state index contributed by atoms with van der Waals surface area (Å²) in [6.45, 7) is 4.32. The van der Waals surface area contributed by atoms with Gasteiger partial charge in [-0.15, -0.1) is 0 Å². The number of hydrogen-bond donors (Lipinski definition) is 1. The predicted octanol–water partition coefficient (Wildman–Crippen LogP) is 6.28. The van der Waals surface area contributed by atoms with Crippen LogP contribution >= 0.6 is 27.5 Å². The Balaban J connectivity index is 1.91. The zero-order valence-electron chi connectivity index (χ0n) is 12.3. The molecule has 0 radical (unpaired) electrons. The van der Waals surface area contributed by atoms with Crippen molar-refractivity contribution < 1.29 is 0 Å². The summed E-state index contributed by atoms with van der Waals surface area (Å²) in [7, 11) is 0. The summed E-state index contributed by atoms with van der Waals surface area (Å²) in [6.07, 6.45) is 2.60. The molecule has 0 bridgehead atoms. The fourth-order valence-corrected chi connectivity index (χ4v) is 3.68. The Hall–Kier alpha value is -0.990. The normalized spacial score (nSPS) is 15.8. The highest BCUT2D eigenvalue weighted by Gasteiger charge is 2.32. The van der Waals surface area contributed by atoms with E-state index in [0.29, 0.717) is 6.04 Å². The van der Waals surface area contributed by atoms with Crippen molar-refractivity contribution in [2.24, 2.45) is 5.92 Å². The van der Waals surface area contributed by atoms with Crippen LogP contribution in [0.5, 0.6) is 0 Å². The first-order valence-corrected chi connectivity index (χ1v) is 8.50. The molecule has 1 aliphatic rings. The molecule has 0 aromatic heterocycles. The molecule has 3 rings (SSSR count). The van der Waals surface area contributed by atoms with Crippen LogP contribution in [0.15, 0.2) is 40.9 Å². The molecule has 1 fully saturated rings. The highest BCUT2D eigenvalue weighted by Crippen LogP contribution is 2.44. The molecule has 1 saturated carbocycles. The zero-order chi connectivity index (χ0) is 15.0. The van der Waals surface area contributed by atoms with E-state index in [9.17, 15) is 0 Å². The lowest BCUT2D eigenvalue weighted by Gasteiger charge is -2.23. The summed E-state index contributed by atoms with van der Waals surface area (Å²) < 4.78 is 1.14. The fourth-order valence-electron chi connectivity index (χ4n) is 2.87. The summed E-state index contributed by atoms with van der Waals surface area (Å²) in [4.78, 5) is 0. The molecule has 0 heterocycles. The second kappa shape index (κ2) is 6.02. The molecule has 1 aliphatic carbocycles. The second-order valence-corrected chi connectivity index (χ2v) is 7.28. The van der Waals surface area contributed by atoms with Gasteiger partial charge in [-0.25, -0.2) is 0 Å². The summed E-state index contributed by atoms with van der Waals surface area (Å²) in [5.74, 6) is 0.730. The van der Waals surface area contributed by atoms with Crippen LogP contribution in [0.1, 0.15) is 35.6 Å². The molecule has 110 valence electrons. The Labute approximate surface area is 139 Å². The minimum absolute atomic E-state index is 0.376. The molecule has 1 atom stereocenters. The van der Waals surface area contributed by atoms with Crippen molar-refractivity contribution in [3.8, 4) is 0 Å². The van der Waals surface area contributed by atoms with E-state index in [-0.39, 0.29) is 0 Å². The maximum absolute atomic E-state index is 6.01. The fraction of sp³-hybridized carbons (Fsp3) is 0.333. The Morgan fingerprint density at radius 2 is 1.67 bits per heavy atom. The topological polar surface area (TPSA) is 12.0 Å². The van der Waals surface area contributed by atoms with E-state index in [1.165, 1.54) is 35.2 Å². The Morgan fingerprint density at radius 3 is 2.19 bits per heavy atom. The summed E-state index contributed by atoms with van der Waals surface area (Å²) >= 11 is 9.58. The Bertz CT molecular complexity index is 624. The van der Waals surface area contributed by atoms with Crippen LogP contribution in [-0.4, -0.2) is 0 Å². The number of hydrogen-bond acceptors (Lipinski definition) is 1. The van der Waals surface area contributed by atoms with Crippen LogP contribution in [0.25, 0.3) is 0 Å². The largest absolute Gasteiger partial charge is 0.378 e. The molecule has 1 N–H and O–H groups in total. The molecule has 1 nitrogen and oxygen atoms in total. The van der Waals surface area contributed by atoms with Crippen molar-refractivity contribution in [1.29, 1.82) is 0 Å². The Morgan fingerprint density at radius 1 is 1.10 bits per heavy atom. The van der Waals surface area contributed by atoms with E-state index in [1.54, 1.807) is 0 Å². The average molecular weight is 365 g/mol. The number of rotatable bonds is 4. The van der Waals surface area contributed by atoms with E-state index < -0.39 is 0 Å². The van der Waals surface area contributed by atoms with Gasteiger partial charge in [0, 0.05) is 15.2 Å². The van der Waals surface area contributed by atoms with Crippen molar-refractivity contribution in [3.05, 3.63) is 62.6 Å². The van der Waals surface area contributed by atoms with Crippen molar-refractivity contribution in [3.63, 3.8) is 0 Å². The zero-order valence-corrected chi connectivity index (χ0v) is 14.6. The molecule has 3 heteroatoms. The summed E-state index contributed by atoms with van der Waals surface area (Å²) in [5, 5.41) is 4.57. The quantitative estimate of drug-likeness (QED) is 0.673. The lowest BCUT2D eigenvalue weighted by atomic mass is 10.0. The third-order valence-electron chi connectivity index (χ3n) is 4.12. The van der Waals surface area contributed by atoms with Crippen LogP contribution in [0.2, 0.25) is 5.02 Å². The van der Waals surface area contributed by atoms with Gasteiger partial charge in [-0.1, -0.05) is 39.7 Å². The maximum atomic E-state index is 6.01. The van der Waals surface area contributed by atoms with Gasteiger partial charge >= 0.3 is 0 Å². The van der Waals surface area contributed by atoms with Crippen LogP contribution in [0.4, 0.5) is 5.69 Å². The van der Waals surface area contributed by atoms with Gasteiger partial charge in [0.25, 0.3) is 0 Å². The lowest BCUT2D eigenvalue weighted by molar-refractivity contribution is 0.677. The second-order valence-electron chi connectivity index (χ2n) is 5.93. The van der Waals surface area contributed by atoms with E-state index in [2.05, 4.69) is 59.4 Å². The SMILES string of the molecule is Cc1cc(Br)cc(C)c1NC(c1ccc(Cl)cc1)C1CC1. The van der Waals surface area contributed by atoms with Gasteiger partial charge in [0.2, 0.25) is 0 Å². The molecule has 0 saturated heterocycles. The molecular formula is C18H19BrClN. The smallest absolute Gasteiger partial charge is 0.0542 e. The summed E-state index contributed by atoms with van der Waals surface area (Å²) in [6, 6.07) is 13.0. The van der Waals surface area contributed by atoms with Gasteiger partial charge < -0.3 is 5.32 Å². The van der Waals surface area contributed by atoms with Crippen LogP contribution in [0, 0.1) is 19.8 Å². The van der Waals surface area contributed by atoms with Gasteiger partial charge in [0.1, 0.15) is 0 Å². The third kappa shape index (κ3) is 3.44. The maximum Gasteiger partial charge on any atom is 0.0542 e. The molecule has 0 aliphatic heterocycles. The lowest BCUT2D eigenvalue weighted by Crippen LogP contribution is -2.14. The first-order valence-electron chi connectivity index (χ1n) is 7.33. The third-order valence-corrected chi connectivity index (χ3v) is 4.83. The van der Waals surface area contributed by atoms with Gasteiger partial charge in [0.05, 0.1) is 6.04 Å². The van der Waals surface area contributed by atoms with Crippen molar-refractivity contribution in [1.82, 2.24) is 0 Å². The van der Waals surface area contributed by atoms with Crippen molar-refractivity contribution in [2.75, 3.05) is 5.32 Å². The number of halogens is 2. The first-order chi connectivity index (χ1) is 10.0. The molecule has 2 aromatic rings. The van der Waals surface area contributed by atoms with E-state index in [4.69, 9.17) is 11.6 Å². The monoisotopic (exact) mass is 363 g/mol. The highest BCUT2D eigenvalue weighted by molar-refractivity contribution is 9.10. The number of benzene rings is 2. The van der Waals surface area contributed by atoms with Crippen LogP contribution in [-0.2, 0) is 0 Å². The predicted molar refractivity (Wildman–Crippen MR) is 94.2 cm³/mol. The number of nitrogens with one attached hydrogen (secondary N) is 1. The molecule has 1 unspecified atom stereocenters. The van der Waals surface area contributed by atoms with E-state index >= 15 is 0 Å². The van der Waals surface area contributed by atoms with Crippen LogP contribution < -0.4 is 5.32 Å². The Kier molecular flexibility index (Phi) is 4.28. The molecule has 2 aromatic carbocycles. The van der Waals surface area contributed by atoms with E-state index in [1.807, 2.05) is 12.1 Å². The standard InChI is InChI=1S/C18H19BrClN/c1-11-9-15(19)10-12(2)17(11)21-18(13-3-4-13)14-5-7-16(20)8-6-14/h5-10,13,18,21H,3-4H2,1-2H3. The number of aryl methyl sites for hydroxylation is 2. The van der Waals surface area contributed by atoms with E-state index in [0.717, 1.165) is 15.4 Å². The summed E-state index contributed by atoms with van der Waals surface area (Å²) in [5.41, 5.74) is 5.14. The molecular weight excluding hydrogens is 346 g/mol. The van der Waals surface area contributed by atoms with Crippen molar-refractivity contribution in [2.45, 2.75) is 32.7 Å². The minimum atomic E-state index is 0.376. The van der Waals surface area contributed by atoms with Gasteiger partial charge in [-0.2, -0.15) is 0 Å². The van der Waals surface area contributed by atoms with Gasteiger partial charge in [-0.05, 0) is 73.6 Å². The molecule has 0 amide bonds.